The molecule has 84 valence electrons. The molecule has 1 rings (SSSR count). The molecule has 0 aromatic rings. The third-order valence-corrected chi connectivity index (χ3v) is 3.86. The molecule has 1 aliphatic rings. The lowest BCUT2D eigenvalue weighted by Crippen LogP contribution is -2.46. The molecule has 0 aromatic heterocycles. The van der Waals surface area contributed by atoms with Crippen LogP contribution in [0.2, 0.25) is 6.04 Å². The van der Waals surface area contributed by atoms with Crippen molar-refractivity contribution < 1.29 is 27.2 Å². The fourth-order valence-corrected chi connectivity index (χ4v) is 3.00. The van der Waals surface area contributed by atoms with E-state index in [1.807, 2.05) is 0 Å². The van der Waals surface area contributed by atoms with Crippen molar-refractivity contribution in [3.63, 3.8) is 0 Å². The summed E-state index contributed by atoms with van der Waals surface area (Å²) in [4.78, 5) is 18.3. The molecule has 1 fully saturated rings. The first-order valence-corrected chi connectivity index (χ1v) is 6.46. The smallest absolute Gasteiger partial charge is 0.390 e. The maximum Gasteiger partial charge on any atom is 0.495 e. The Kier molecular flexibility index (Phi) is 3.93. The van der Waals surface area contributed by atoms with Gasteiger partial charge in [-0.2, -0.15) is 0 Å². The summed E-state index contributed by atoms with van der Waals surface area (Å²) < 4.78 is 41.0. The molecular formula is C7H13F3O3Si. The van der Waals surface area contributed by atoms with Crippen molar-refractivity contribution >= 4 is 8.80 Å². The Labute approximate surface area is 80.9 Å². The SMILES string of the molecule is O[Si]1(O)CCCC(CC(F)C(F)F)O1. The van der Waals surface area contributed by atoms with Crippen molar-refractivity contribution in [3.05, 3.63) is 0 Å². The van der Waals surface area contributed by atoms with Gasteiger partial charge >= 0.3 is 8.80 Å². The molecular weight excluding hydrogens is 217 g/mol. The van der Waals surface area contributed by atoms with E-state index in [0.717, 1.165) is 0 Å². The summed E-state index contributed by atoms with van der Waals surface area (Å²) in [6, 6.07) is 0.162. The van der Waals surface area contributed by atoms with E-state index in [1.54, 1.807) is 0 Å². The summed E-state index contributed by atoms with van der Waals surface area (Å²) >= 11 is 0. The van der Waals surface area contributed by atoms with Gasteiger partial charge in [-0.3, -0.25) is 0 Å². The van der Waals surface area contributed by atoms with Crippen LogP contribution in [0.4, 0.5) is 13.2 Å². The van der Waals surface area contributed by atoms with E-state index < -0.39 is 33.9 Å². The van der Waals surface area contributed by atoms with Gasteiger partial charge in [0.1, 0.15) is 0 Å². The zero-order valence-electron chi connectivity index (χ0n) is 7.50. The standard InChI is InChI=1S/C7H13F3O3Si/c8-6(7(9)10)4-5-2-1-3-14(11,12)13-5/h5-7,11-12H,1-4H2. The monoisotopic (exact) mass is 230 g/mol. The number of halogens is 3. The molecule has 2 atom stereocenters. The Bertz CT molecular complexity index is 191. The van der Waals surface area contributed by atoms with Crippen LogP contribution in [0, 0.1) is 0 Å². The minimum absolute atomic E-state index is 0.162. The van der Waals surface area contributed by atoms with E-state index in [2.05, 4.69) is 0 Å². The van der Waals surface area contributed by atoms with E-state index in [0.29, 0.717) is 12.8 Å². The van der Waals surface area contributed by atoms with Gasteiger partial charge in [0, 0.05) is 12.5 Å². The third kappa shape index (κ3) is 3.56. The quantitative estimate of drug-likeness (QED) is 0.713. The van der Waals surface area contributed by atoms with E-state index in [-0.39, 0.29) is 6.04 Å². The number of hydrogen-bond acceptors (Lipinski definition) is 3. The highest BCUT2D eigenvalue weighted by Crippen LogP contribution is 2.26. The lowest BCUT2D eigenvalue weighted by atomic mass is 10.1. The van der Waals surface area contributed by atoms with Gasteiger partial charge in [0.05, 0.1) is 6.10 Å². The fraction of sp³-hybridized carbons (Fsp3) is 1.00. The molecule has 0 aliphatic carbocycles. The van der Waals surface area contributed by atoms with Crippen molar-refractivity contribution in [1.82, 2.24) is 0 Å². The Hall–Kier alpha value is -0.113. The second kappa shape index (κ2) is 4.60. The highest BCUT2D eigenvalue weighted by molar-refractivity contribution is 6.57. The van der Waals surface area contributed by atoms with Gasteiger partial charge in [0.25, 0.3) is 6.43 Å². The van der Waals surface area contributed by atoms with E-state index in [4.69, 9.17) is 14.0 Å². The first-order valence-electron chi connectivity index (χ1n) is 4.45. The lowest BCUT2D eigenvalue weighted by molar-refractivity contribution is -0.00424. The summed E-state index contributed by atoms with van der Waals surface area (Å²) in [7, 11) is -3.67. The first-order chi connectivity index (χ1) is 6.41. The van der Waals surface area contributed by atoms with Crippen molar-refractivity contribution in [2.45, 2.75) is 44.0 Å². The van der Waals surface area contributed by atoms with Crippen molar-refractivity contribution in [1.29, 1.82) is 0 Å². The number of rotatable bonds is 3. The largest absolute Gasteiger partial charge is 0.495 e. The van der Waals surface area contributed by atoms with Crippen molar-refractivity contribution in [3.8, 4) is 0 Å². The van der Waals surface area contributed by atoms with Crippen LogP contribution in [0.15, 0.2) is 0 Å². The van der Waals surface area contributed by atoms with Crippen LogP contribution in [-0.2, 0) is 4.43 Å². The molecule has 1 aliphatic heterocycles. The van der Waals surface area contributed by atoms with Crippen LogP contribution < -0.4 is 0 Å². The van der Waals surface area contributed by atoms with Crippen LogP contribution in [0.25, 0.3) is 0 Å². The summed E-state index contributed by atoms with van der Waals surface area (Å²) in [5, 5.41) is 0. The Morgan fingerprint density at radius 2 is 2.00 bits per heavy atom. The van der Waals surface area contributed by atoms with E-state index >= 15 is 0 Å². The molecule has 2 unspecified atom stereocenters. The summed E-state index contributed by atoms with van der Waals surface area (Å²) in [5.41, 5.74) is 0. The molecule has 2 N–H and O–H groups in total. The predicted octanol–water partition coefficient (Wildman–Crippen LogP) is 1.08. The average molecular weight is 230 g/mol. The molecule has 0 spiro atoms. The first kappa shape index (κ1) is 12.0. The highest BCUT2D eigenvalue weighted by atomic mass is 28.4. The summed E-state index contributed by atoms with van der Waals surface area (Å²) in [6.07, 6.45) is -5.64. The number of hydrogen-bond donors (Lipinski definition) is 2. The zero-order chi connectivity index (χ0) is 10.8. The van der Waals surface area contributed by atoms with Gasteiger partial charge in [-0.1, -0.05) is 0 Å². The molecule has 1 saturated heterocycles. The predicted molar refractivity (Wildman–Crippen MR) is 44.6 cm³/mol. The summed E-state index contributed by atoms with van der Waals surface area (Å²) in [5.74, 6) is 0. The number of alkyl halides is 3. The molecule has 0 aromatic carbocycles. The molecule has 7 heteroatoms. The van der Waals surface area contributed by atoms with E-state index in [1.165, 1.54) is 0 Å². The minimum Gasteiger partial charge on any atom is -0.390 e. The second-order valence-electron chi connectivity index (χ2n) is 3.46. The molecule has 1 heterocycles. The normalized spacial score (nSPS) is 29.1. The van der Waals surface area contributed by atoms with Crippen LogP contribution in [0.5, 0.6) is 0 Å². The molecule has 3 nitrogen and oxygen atoms in total. The molecule has 0 bridgehead atoms. The van der Waals surface area contributed by atoms with E-state index in [9.17, 15) is 13.2 Å². The maximum absolute atomic E-state index is 12.6. The minimum atomic E-state index is -3.67. The van der Waals surface area contributed by atoms with Gasteiger partial charge in [0.2, 0.25) is 0 Å². The summed E-state index contributed by atoms with van der Waals surface area (Å²) in [6.45, 7) is 0. The van der Waals surface area contributed by atoms with Crippen LogP contribution in [0.1, 0.15) is 19.3 Å². The third-order valence-electron chi connectivity index (χ3n) is 2.15. The second-order valence-corrected chi connectivity index (χ2v) is 5.68. The van der Waals surface area contributed by atoms with Gasteiger partial charge < -0.3 is 14.0 Å². The van der Waals surface area contributed by atoms with Gasteiger partial charge in [-0.15, -0.1) is 0 Å². The van der Waals surface area contributed by atoms with Crippen LogP contribution in [0.3, 0.4) is 0 Å². The van der Waals surface area contributed by atoms with Crippen molar-refractivity contribution in [2.75, 3.05) is 0 Å². The van der Waals surface area contributed by atoms with Crippen LogP contribution >= 0.6 is 0 Å². The Morgan fingerprint density at radius 3 is 2.50 bits per heavy atom. The van der Waals surface area contributed by atoms with Gasteiger partial charge in [-0.25, -0.2) is 13.2 Å². The lowest BCUT2D eigenvalue weighted by Gasteiger charge is -2.30. The highest BCUT2D eigenvalue weighted by Gasteiger charge is 2.40. The molecule has 0 saturated carbocycles. The maximum atomic E-state index is 12.6. The molecule has 14 heavy (non-hydrogen) atoms. The Morgan fingerprint density at radius 1 is 1.36 bits per heavy atom. The molecule has 0 amide bonds. The topological polar surface area (TPSA) is 49.7 Å². The fourth-order valence-electron chi connectivity index (χ4n) is 1.46. The zero-order valence-corrected chi connectivity index (χ0v) is 8.50. The molecule has 0 radical (unpaired) electrons. The Balaban J connectivity index is 2.38. The van der Waals surface area contributed by atoms with Gasteiger partial charge in [-0.05, 0) is 12.8 Å². The average Bonchev–Trinajstić information content (AvgIpc) is 2.01. The van der Waals surface area contributed by atoms with Crippen molar-refractivity contribution in [2.24, 2.45) is 0 Å². The van der Waals surface area contributed by atoms with Gasteiger partial charge in [0.15, 0.2) is 6.17 Å². The van der Waals surface area contributed by atoms with Crippen LogP contribution in [-0.4, -0.2) is 37.1 Å².